The molecule has 0 saturated heterocycles. The molecule has 0 aliphatic heterocycles. The molecule has 9 heavy (non-hydrogen) atoms. The number of hydrazine groups is 1. The van der Waals surface area contributed by atoms with E-state index in [-0.39, 0.29) is 5.97 Å². The summed E-state index contributed by atoms with van der Waals surface area (Å²) in [4.78, 5) is 10.7. The van der Waals surface area contributed by atoms with Gasteiger partial charge in [-0.15, -0.1) is 0 Å². The number of nitrogens with one attached hydrogen (secondary N) is 1. The zero-order valence-electron chi connectivity index (χ0n) is 5.89. The quantitative estimate of drug-likeness (QED) is 0.299. The zero-order chi connectivity index (χ0) is 7.49. The first kappa shape index (κ1) is 8.39. The predicted molar refractivity (Wildman–Crippen MR) is 33.4 cm³/mol. The van der Waals surface area contributed by atoms with Gasteiger partial charge in [0.1, 0.15) is 5.54 Å². The van der Waals surface area contributed by atoms with Gasteiger partial charge in [-0.05, 0) is 13.8 Å². The van der Waals surface area contributed by atoms with Crippen LogP contribution in [-0.4, -0.2) is 18.6 Å². The van der Waals surface area contributed by atoms with Gasteiger partial charge < -0.3 is 4.74 Å². The maximum atomic E-state index is 10.7. The summed E-state index contributed by atoms with van der Waals surface area (Å²) in [5.41, 5.74) is 1.53. The Morgan fingerprint density at radius 2 is 2.11 bits per heavy atom. The molecule has 0 fully saturated rings. The van der Waals surface area contributed by atoms with Crippen molar-refractivity contribution in [2.75, 3.05) is 7.11 Å². The number of carbonyl (C=O) groups is 1. The Morgan fingerprint density at radius 3 is 2.22 bits per heavy atom. The van der Waals surface area contributed by atoms with Gasteiger partial charge in [-0.1, -0.05) is 0 Å². The van der Waals surface area contributed by atoms with Crippen LogP contribution in [0.3, 0.4) is 0 Å². The van der Waals surface area contributed by atoms with Crippen LogP contribution in [0.4, 0.5) is 0 Å². The highest BCUT2D eigenvalue weighted by Gasteiger charge is 2.26. The second-order valence-electron chi connectivity index (χ2n) is 2.26. The van der Waals surface area contributed by atoms with E-state index in [2.05, 4.69) is 10.2 Å². The molecule has 0 unspecified atom stereocenters. The van der Waals surface area contributed by atoms with E-state index in [9.17, 15) is 4.79 Å². The summed E-state index contributed by atoms with van der Waals surface area (Å²) in [5.74, 6) is 4.66. The van der Waals surface area contributed by atoms with Gasteiger partial charge >= 0.3 is 5.97 Å². The molecule has 0 aliphatic carbocycles. The molecule has 0 heterocycles. The van der Waals surface area contributed by atoms with E-state index < -0.39 is 5.54 Å². The molecule has 0 aromatic heterocycles. The second kappa shape index (κ2) is 2.80. The van der Waals surface area contributed by atoms with Crippen LogP contribution in [0.2, 0.25) is 0 Å². The fourth-order valence-corrected chi connectivity index (χ4v) is 0.314. The third-order valence-electron chi connectivity index (χ3n) is 1.06. The third kappa shape index (κ3) is 1.99. The number of hydrogen-bond donors (Lipinski definition) is 2. The molecule has 0 amide bonds. The first-order valence-corrected chi connectivity index (χ1v) is 2.61. The molecule has 54 valence electrons. The van der Waals surface area contributed by atoms with Gasteiger partial charge in [0.25, 0.3) is 0 Å². The minimum Gasteiger partial charge on any atom is -0.468 e. The lowest BCUT2D eigenvalue weighted by Gasteiger charge is -2.19. The largest absolute Gasteiger partial charge is 0.468 e. The van der Waals surface area contributed by atoms with E-state index in [1.165, 1.54) is 7.11 Å². The maximum absolute atomic E-state index is 10.7. The number of nitrogens with two attached hydrogens (primary N) is 1. The van der Waals surface area contributed by atoms with Gasteiger partial charge in [-0.25, -0.2) is 5.43 Å². The van der Waals surface area contributed by atoms with Crippen molar-refractivity contribution in [3.8, 4) is 0 Å². The molecular weight excluding hydrogens is 120 g/mol. The Balaban J connectivity index is 3.97. The number of esters is 1. The molecule has 0 saturated carbocycles. The molecule has 0 rings (SSSR count). The van der Waals surface area contributed by atoms with E-state index in [0.29, 0.717) is 0 Å². The monoisotopic (exact) mass is 132 g/mol. The minimum absolute atomic E-state index is 0.370. The van der Waals surface area contributed by atoms with Crippen LogP contribution < -0.4 is 11.3 Å². The van der Waals surface area contributed by atoms with E-state index in [0.717, 1.165) is 0 Å². The van der Waals surface area contributed by atoms with Crippen molar-refractivity contribution in [1.29, 1.82) is 0 Å². The summed E-state index contributed by atoms with van der Waals surface area (Å²) in [5, 5.41) is 0. The lowest BCUT2D eigenvalue weighted by atomic mass is 10.1. The Labute approximate surface area is 54.3 Å². The highest BCUT2D eigenvalue weighted by molar-refractivity contribution is 5.79. The van der Waals surface area contributed by atoms with E-state index in [1.54, 1.807) is 13.8 Å². The molecule has 4 nitrogen and oxygen atoms in total. The summed E-state index contributed by atoms with van der Waals surface area (Å²) < 4.78 is 4.42. The third-order valence-corrected chi connectivity index (χ3v) is 1.06. The lowest BCUT2D eigenvalue weighted by molar-refractivity contribution is -0.147. The Kier molecular flexibility index (Phi) is 2.61. The highest BCUT2D eigenvalue weighted by atomic mass is 16.5. The molecule has 0 spiro atoms. The minimum atomic E-state index is -0.783. The van der Waals surface area contributed by atoms with Crippen molar-refractivity contribution in [3.63, 3.8) is 0 Å². The van der Waals surface area contributed by atoms with Crippen molar-refractivity contribution in [2.45, 2.75) is 19.4 Å². The summed E-state index contributed by atoms with van der Waals surface area (Å²) in [7, 11) is 1.32. The predicted octanol–water partition coefficient (Wildman–Crippen LogP) is -0.599. The van der Waals surface area contributed by atoms with Gasteiger partial charge in [0.05, 0.1) is 7.11 Å². The highest BCUT2D eigenvalue weighted by Crippen LogP contribution is 2.00. The fourth-order valence-electron chi connectivity index (χ4n) is 0.314. The molecule has 0 bridgehead atoms. The lowest BCUT2D eigenvalue weighted by Crippen LogP contribution is -2.51. The SMILES string of the molecule is COC(=O)C(C)(C)NN. The molecule has 4 heteroatoms. The first-order valence-electron chi connectivity index (χ1n) is 2.61. The van der Waals surface area contributed by atoms with Gasteiger partial charge in [-0.3, -0.25) is 10.6 Å². The normalized spacial score (nSPS) is 11.1. The van der Waals surface area contributed by atoms with Crippen LogP contribution in [-0.2, 0) is 9.53 Å². The van der Waals surface area contributed by atoms with Crippen LogP contribution in [0.25, 0.3) is 0 Å². The van der Waals surface area contributed by atoms with Crippen molar-refractivity contribution in [2.24, 2.45) is 5.84 Å². The summed E-state index contributed by atoms with van der Waals surface area (Å²) >= 11 is 0. The van der Waals surface area contributed by atoms with E-state index in [1.807, 2.05) is 0 Å². The Morgan fingerprint density at radius 1 is 1.67 bits per heavy atom. The summed E-state index contributed by atoms with van der Waals surface area (Å²) in [6.07, 6.45) is 0. The van der Waals surface area contributed by atoms with Crippen molar-refractivity contribution < 1.29 is 9.53 Å². The molecule has 0 aromatic carbocycles. The van der Waals surface area contributed by atoms with Crippen LogP contribution in [0.15, 0.2) is 0 Å². The second-order valence-corrected chi connectivity index (χ2v) is 2.26. The molecule has 0 aromatic rings. The number of methoxy groups -OCH3 is 1. The molecule has 0 radical (unpaired) electrons. The number of carbonyl (C=O) groups excluding carboxylic acids is 1. The van der Waals surface area contributed by atoms with Crippen LogP contribution in [0.1, 0.15) is 13.8 Å². The van der Waals surface area contributed by atoms with Crippen molar-refractivity contribution in [1.82, 2.24) is 5.43 Å². The number of hydrogen-bond acceptors (Lipinski definition) is 4. The molecule has 3 N–H and O–H groups in total. The standard InChI is InChI=1S/C5H12N2O2/c1-5(2,7-6)4(8)9-3/h7H,6H2,1-3H3. The average Bonchev–Trinajstić information content (AvgIpc) is 1.86. The van der Waals surface area contributed by atoms with Gasteiger partial charge in [0.2, 0.25) is 0 Å². The van der Waals surface area contributed by atoms with Crippen molar-refractivity contribution >= 4 is 5.97 Å². The Hall–Kier alpha value is -0.610. The number of ether oxygens (including phenoxy) is 1. The molecule has 0 atom stereocenters. The molecular formula is C5H12N2O2. The maximum Gasteiger partial charge on any atom is 0.326 e. The topological polar surface area (TPSA) is 64.3 Å². The first-order chi connectivity index (χ1) is 4.04. The average molecular weight is 132 g/mol. The smallest absolute Gasteiger partial charge is 0.326 e. The van der Waals surface area contributed by atoms with Gasteiger partial charge in [0, 0.05) is 0 Å². The van der Waals surface area contributed by atoms with Gasteiger partial charge in [-0.2, -0.15) is 0 Å². The van der Waals surface area contributed by atoms with Crippen LogP contribution in [0, 0.1) is 0 Å². The summed E-state index contributed by atoms with van der Waals surface area (Å²) in [6.45, 7) is 3.28. The summed E-state index contributed by atoms with van der Waals surface area (Å²) in [6, 6.07) is 0. The zero-order valence-corrected chi connectivity index (χ0v) is 5.89. The van der Waals surface area contributed by atoms with Gasteiger partial charge in [0.15, 0.2) is 0 Å². The molecule has 0 aliphatic rings. The Bertz CT molecular complexity index is 112. The fraction of sp³-hybridized carbons (Fsp3) is 0.800. The number of rotatable bonds is 2. The van der Waals surface area contributed by atoms with Crippen LogP contribution >= 0.6 is 0 Å². The van der Waals surface area contributed by atoms with E-state index >= 15 is 0 Å². The van der Waals surface area contributed by atoms with E-state index in [4.69, 9.17) is 5.84 Å². The van der Waals surface area contributed by atoms with Crippen LogP contribution in [0.5, 0.6) is 0 Å². The van der Waals surface area contributed by atoms with Crippen molar-refractivity contribution in [3.05, 3.63) is 0 Å².